The van der Waals surface area contributed by atoms with E-state index in [0.717, 1.165) is 0 Å². The maximum atomic E-state index is 13.1. The molecule has 0 aliphatic rings. The van der Waals surface area contributed by atoms with E-state index in [-0.39, 0.29) is 16.2 Å². The quantitative estimate of drug-likeness (QED) is 0.859. The zero-order valence-electron chi connectivity index (χ0n) is 8.32. The van der Waals surface area contributed by atoms with Crippen molar-refractivity contribution in [1.82, 2.24) is 14.8 Å². The van der Waals surface area contributed by atoms with Gasteiger partial charge in [0.05, 0.1) is 10.2 Å². The lowest BCUT2D eigenvalue weighted by molar-refractivity contribution is 0.439. The van der Waals surface area contributed by atoms with Crippen LogP contribution < -0.4 is 10.5 Å². The Hall–Kier alpha value is -1.63. The molecule has 0 atom stereocenters. The summed E-state index contributed by atoms with van der Waals surface area (Å²) in [6, 6.07) is 2.76. The first-order valence-electron chi connectivity index (χ1n) is 4.34. The molecule has 0 unspecified atom stereocenters. The third-order valence-electron chi connectivity index (χ3n) is 1.83. The van der Waals surface area contributed by atoms with Gasteiger partial charge in [-0.05, 0) is 15.9 Å². The Morgan fingerprint density at radius 3 is 2.88 bits per heavy atom. The lowest BCUT2D eigenvalue weighted by Crippen LogP contribution is -1.95. The number of aryl methyl sites for hydroxylation is 1. The van der Waals surface area contributed by atoms with Gasteiger partial charge >= 0.3 is 6.01 Å². The van der Waals surface area contributed by atoms with Gasteiger partial charge in [0.25, 0.3) is 0 Å². The van der Waals surface area contributed by atoms with Gasteiger partial charge in [-0.25, -0.2) is 4.39 Å². The zero-order valence-corrected chi connectivity index (χ0v) is 9.90. The third-order valence-corrected chi connectivity index (χ3v) is 2.44. The highest BCUT2D eigenvalue weighted by Gasteiger charge is 2.09. The molecule has 84 valence electrons. The zero-order chi connectivity index (χ0) is 11.7. The van der Waals surface area contributed by atoms with Gasteiger partial charge in [0, 0.05) is 19.2 Å². The molecule has 0 spiro atoms. The Labute approximate surface area is 99.2 Å². The van der Waals surface area contributed by atoms with Crippen molar-refractivity contribution in [3.05, 3.63) is 28.7 Å². The summed E-state index contributed by atoms with van der Waals surface area (Å²) in [4.78, 5) is 3.87. The summed E-state index contributed by atoms with van der Waals surface area (Å²) in [6.07, 6.45) is 1.49. The van der Waals surface area contributed by atoms with Crippen molar-refractivity contribution in [3.63, 3.8) is 0 Å². The summed E-state index contributed by atoms with van der Waals surface area (Å²) in [5.41, 5.74) is 5.78. The molecule has 2 rings (SSSR count). The van der Waals surface area contributed by atoms with Gasteiger partial charge < -0.3 is 10.5 Å². The fourth-order valence-corrected chi connectivity index (χ4v) is 1.42. The molecule has 2 aromatic rings. The van der Waals surface area contributed by atoms with Crippen LogP contribution in [0.2, 0.25) is 0 Å². The molecule has 0 saturated carbocycles. The number of nitrogen functional groups attached to an aromatic ring is 1. The fourth-order valence-electron chi connectivity index (χ4n) is 1.10. The van der Waals surface area contributed by atoms with Crippen LogP contribution in [0, 0.1) is 5.82 Å². The molecule has 0 aliphatic heterocycles. The van der Waals surface area contributed by atoms with E-state index in [1.54, 1.807) is 7.05 Å². The molecule has 0 fully saturated rings. The summed E-state index contributed by atoms with van der Waals surface area (Å²) in [6.45, 7) is 0. The predicted molar refractivity (Wildman–Crippen MR) is 59.6 cm³/mol. The molecule has 0 aliphatic carbocycles. The minimum Gasteiger partial charge on any atom is -0.421 e. The molecule has 16 heavy (non-hydrogen) atoms. The highest BCUT2D eigenvalue weighted by molar-refractivity contribution is 9.10. The summed E-state index contributed by atoms with van der Waals surface area (Å²) in [5, 5.41) is 3.92. The average molecular weight is 287 g/mol. The van der Waals surface area contributed by atoms with Crippen LogP contribution >= 0.6 is 15.9 Å². The number of anilines is 1. The first-order chi connectivity index (χ1) is 7.56. The van der Waals surface area contributed by atoms with Crippen LogP contribution in [0.4, 0.5) is 10.1 Å². The first-order valence-corrected chi connectivity index (χ1v) is 5.13. The molecular formula is C9H8BrFN4O. The molecule has 2 N–H and O–H groups in total. The third kappa shape index (κ3) is 2.13. The number of ether oxygens (including phenoxy) is 1. The maximum absolute atomic E-state index is 13.1. The number of halogens is 2. The van der Waals surface area contributed by atoms with Gasteiger partial charge in [0.1, 0.15) is 12.1 Å². The number of hydrogen-bond donors (Lipinski definition) is 1. The lowest BCUT2D eigenvalue weighted by atomic mass is 10.3. The van der Waals surface area contributed by atoms with Crippen LogP contribution in [0.3, 0.4) is 0 Å². The van der Waals surface area contributed by atoms with Gasteiger partial charge in [0.15, 0.2) is 5.75 Å². The van der Waals surface area contributed by atoms with E-state index in [1.165, 1.54) is 23.1 Å². The van der Waals surface area contributed by atoms with Crippen LogP contribution in [0.5, 0.6) is 11.8 Å². The van der Waals surface area contributed by atoms with Crippen molar-refractivity contribution >= 4 is 21.6 Å². The molecule has 1 heterocycles. The summed E-state index contributed by atoms with van der Waals surface area (Å²) >= 11 is 3.04. The normalized spacial score (nSPS) is 10.4. The fraction of sp³-hybridized carbons (Fsp3) is 0.111. The van der Waals surface area contributed by atoms with Crippen LogP contribution in [0.15, 0.2) is 22.9 Å². The van der Waals surface area contributed by atoms with Gasteiger partial charge in [-0.15, -0.1) is 5.10 Å². The Kier molecular flexibility index (Phi) is 2.78. The van der Waals surface area contributed by atoms with E-state index >= 15 is 0 Å². The molecule has 7 heteroatoms. The van der Waals surface area contributed by atoms with Crippen molar-refractivity contribution < 1.29 is 9.13 Å². The largest absolute Gasteiger partial charge is 0.421 e. The standard InChI is InChI=1S/C9H8BrFN4O/c1-15-4-13-9(14-15)16-8-2-5(10)6(11)3-7(8)12/h2-4H,12H2,1H3. The molecular weight excluding hydrogens is 279 g/mol. The van der Waals surface area contributed by atoms with Crippen molar-refractivity contribution in [2.24, 2.45) is 7.05 Å². The smallest absolute Gasteiger partial charge is 0.341 e. The molecule has 1 aromatic carbocycles. The van der Waals surface area contributed by atoms with E-state index in [0.29, 0.717) is 5.75 Å². The maximum Gasteiger partial charge on any atom is 0.341 e. The molecule has 0 radical (unpaired) electrons. The number of rotatable bonds is 2. The number of benzene rings is 1. The van der Waals surface area contributed by atoms with Crippen molar-refractivity contribution in [2.75, 3.05) is 5.73 Å². The van der Waals surface area contributed by atoms with Gasteiger partial charge in [-0.2, -0.15) is 4.98 Å². The van der Waals surface area contributed by atoms with Crippen molar-refractivity contribution in [2.45, 2.75) is 0 Å². The second kappa shape index (κ2) is 4.09. The monoisotopic (exact) mass is 286 g/mol. The van der Waals surface area contributed by atoms with Crippen molar-refractivity contribution in [1.29, 1.82) is 0 Å². The molecule has 1 aromatic heterocycles. The molecule has 0 amide bonds. The van der Waals surface area contributed by atoms with E-state index < -0.39 is 5.82 Å². The second-order valence-electron chi connectivity index (χ2n) is 3.11. The van der Waals surface area contributed by atoms with Gasteiger partial charge in [-0.1, -0.05) is 0 Å². The molecule has 0 bridgehead atoms. The first kappa shape index (κ1) is 10.9. The van der Waals surface area contributed by atoms with Crippen LogP contribution in [-0.2, 0) is 7.05 Å². The van der Waals surface area contributed by atoms with E-state index in [1.807, 2.05) is 0 Å². The Bertz CT molecular complexity index is 528. The topological polar surface area (TPSA) is 66.0 Å². The highest BCUT2D eigenvalue weighted by Crippen LogP contribution is 2.30. The van der Waals surface area contributed by atoms with Crippen LogP contribution in [0.25, 0.3) is 0 Å². The summed E-state index contributed by atoms with van der Waals surface area (Å²) in [5.74, 6) is -0.140. The number of nitrogens with zero attached hydrogens (tertiary/aromatic N) is 3. The lowest BCUT2D eigenvalue weighted by Gasteiger charge is -2.05. The molecule has 0 saturated heterocycles. The number of aromatic nitrogens is 3. The van der Waals surface area contributed by atoms with Gasteiger partial charge in [-0.3, -0.25) is 4.68 Å². The number of hydrogen-bond acceptors (Lipinski definition) is 4. The number of nitrogens with two attached hydrogens (primary N) is 1. The van der Waals surface area contributed by atoms with Gasteiger partial charge in [0.2, 0.25) is 0 Å². The van der Waals surface area contributed by atoms with Crippen LogP contribution in [-0.4, -0.2) is 14.8 Å². The predicted octanol–water partition coefficient (Wildman–Crippen LogP) is 2.09. The Morgan fingerprint density at radius 2 is 2.25 bits per heavy atom. The molecule has 5 nitrogen and oxygen atoms in total. The van der Waals surface area contributed by atoms with E-state index in [2.05, 4.69) is 26.0 Å². The van der Waals surface area contributed by atoms with E-state index in [9.17, 15) is 4.39 Å². The van der Waals surface area contributed by atoms with E-state index in [4.69, 9.17) is 10.5 Å². The Balaban J connectivity index is 2.31. The minimum atomic E-state index is -0.446. The Morgan fingerprint density at radius 1 is 1.50 bits per heavy atom. The summed E-state index contributed by atoms with van der Waals surface area (Å²) in [7, 11) is 1.71. The highest BCUT2D eigenvalue weighted by atomic mass is 79.9. The second-order valence-corrected chi connectivity index (χ2v) is 3.96. The average Bonchev–Trinajstić information content (AvgIpc) is 2.60. The van der Waals surface area contributed by atoms with Crippen LogP contribution in [0.1, 0.15) is 0 Å². The summed E-state index contributed by atoms with van der Waals surface area (Å²) < 4.78 is 20.1. The van der Waals surface area contributed by atoms with Crippen molar-refractivity contribution in [3.8, 4) is 11.8 Å². The SMILES string of the molecule is Cn1cnc(Oc2cc(Br)c(F)cc2N)n1. The minimum absolute atomic E-state index is 0.160.